The van der Waals surface area contributed by atoms with Crippen LogP contribution in [0.2, 0.25) is 5.54 Å². The van der Waals surface area contributed by atoms with Crippen molar-refractivity contribution in [3.05, 3.63) is 53.1 Å². The van der Waals surface area contributed by atoms with Crippen LogP contribution in [0.4, 0.5) is 5.69 Å². The summed E-state index contributed by atoms with van der Waals surface area (Å²) in [6.45, 7) is 25.7. The quantitative estimate of drug-likeness (QED) is 0.440. The topological polar surface area (TPSA) is 30.5 Å². The van der Waals surface area contributed by atoms with Crippen molar-refractivity contribution < 1.29 is 8.85 Å². The zero-order valence-electron chi connectivity index (χ0n) is 21.8. The monoisotopic (exact) mass is 443 g/mol. The lowest BCUT2D eigenvalue weighted by atomic mass is 9.81. The molecule has 0 fully saturated rings. The highest BCUT2D eigenvalue weighted by atomic mass is 28.4. The number of rotatable bonds is 7. The first-order valence-electron chi connectivity index (χ1n) is 11.8. The van der Waals surface area contributed by atoms with Gasteiger partial charge in [0.05, 0.1) is 5.54 Å². The summed E-state index contributed by atoms with van der Waals surface area (Å²) in [4.78, 5) is 3.89. The Kier molecular flexibility index (Phi) is 7.72. The molecule has 0 saturated heterocycles. The Morgan fingerprint density at radius 3 is 1.84 bits per heavy atom. The van der Waals surface area contributed by atoms with Crippen molar-refractivity contribution in [1.82, 2.24) is 0 Å². The SMILES string of the molecule is CCO[Si](Nc1cc(C(C)(C)C)ccc1C(C)(C)C)(OCC)C1C=CC(C(C)(C)C)=C1. The van der Waals surface area contributed by atoms with Crippen LogP contribution in [0, 0.1) is 5.41 Å². The minimum atomic E-state index is -2.83. The summed E-state index contributed by atoms with van der Waals surface area (Å²) in [5.41, 5.74) is 5.38. The molecule has 0 aromatic heterocycles. The van der Waals surface area contributed by atoms with Crippen LogP contribution in [0.25, 0.3) is 0 Å². The molecule has 1 unspecified atom stereocenters. The van der Waals surface area contributed by atoms with Crippen LogP contribution in [-0.4, -0.2) is 21.9 Å². The molecule has 0 amide bonds. The number of benzene rings is 1. The average molecular weight is 444 g/mol. The smallest absolute Gasteiger partial charge is 0.378 e. The predicted octanol–water partition coefficient (Wildman–Crippen LogP) is 7.62. The second kappa shape index (κ2) is 9.25. The van der Waals surface area contributed by atoms with E-state index >= 15 is 0 Å². The largest absolute Gasteiger partial charge is 0.468 e. The summed E-state index contributed by atoms with van der Waals surface area (Å²) >= 11 is 0. The van der Waals surface area contributed by atoms with Gasteiger partial charge in [0.25, 0.3) is 0 Å². The third-order valence-electron chi connectivity index (χ3n) is 5.87. The third-order valence-corrected chi connectivity index (χ3v) is 9.16. The van der Waals surface area contributed by atoms with Crippen LogP contribution in [0.15, 0.2) is 42.0 Å². The van der Waals surface area contributed by atoms with Crippen molar-refractivity contribution >= 4 is 14.4 Å². The number of hydrogen-bond acceptors (Lipinski definition) is 3. The van der Waals surface area contributed by atoms with E-state index in [0.717, 1.165) is 5.69 Å². The highest BCUT2D eigenvalue weighted by Gasteiger charge is 2.48. The summed E-state index contributed by atoms with van der Waals surface area (Å²) in [6, 6.07) is 6.86. The van der Waals surface area contributed by atoms with Gasteiger partial charge in [0.1, 0.15) is 0 Å². The Labute approximate surface area is 192 Å². The maximum absolute atomic E-state index is 6.52. The number of allylic oxidation sites excluding steroid dienone is 4. The number of nitrogens with one attached hydrogen (secondary N) is 1. The van der Waals surface area contributed by atoms with E-state index in [2.05, 4.69) is 118 Å². The Bertz CT molecular complexity index is 813. The Balaban J connectivity index is 2.62. The van der Waals surface area contributed by atoms with E-state index in [1.807, 2.05) is 0 Å². The number of anilines is 1. The van der Waals surface area contributed by atoms with Gasteiger partial charge in [-0.05, 0) is 52.9 Å². The van der Waals surface area contributed by atoms with Crippen molar-refractivity contribution in [3.8, 4) is 0 Å². The molecule has 1 aliphatic rings. The zero-order valence-corrected chi connectivity index (χ0v) is 22.8. The van der Waals surface area contributed by atoms with E-state index in [9.17, 15) is 0 Å². The molecule has 0 spiro atoms. The predicted molar refractivity (Wildman–Crippen MR) is 137 cm³/mol. The summed E-state index contributed by atoms with van der Waals surface area (Å²) in [7, 11) is -2.83. The summed E-state index contributed by atoms with van der Waals surface area (Å²) in [6.07, 6.45) is 6.88. The van der Waals surface area contributed by atoms with Gasteiger partial charge in [-0.2, -0.15) is 0 Å². The molecule has 1 aromatic rings. The molecule has 31 heavy (non-hydrogen) atoms. The first-order chi connectivity index (χ1) is 14.1. The average Bonchev–Trinajstić information content (AvgIpc) is 3.11. The lowest BCUT2D eigenvalue weighted by molar-refractivity contribution is 0.187. The standard InChI is InChI=1S/C27H45NO2Si/c1-12-29-31(30-13-2,22-16-14-20(18-22)25(3,4)5)28-24-19-21(26(6,7)8)15-17-23(24)27(9,10)11/h14-19,22,28H,12-13H2,1-11H3. The van der Waals surface area contributed by atoms with Gasteiger partial charge >= 0.3 is 8.72 Å². The van der Waals surface area contributed by atoms with E-state index in [4.69, 9.17) is 8.85 Å². The molecular formula is C27H45NO2Si. The molecule has 0 aliphatic heterocycles. The normalized spacial score (nSPS) is 17.8. The maximum Gasteiger partial charge on any atom is 0.468 e. The van der Waals surface area contributed by atoms with Crippen LogP contribution in [0.1, 0.15) is 87.3 Å². The van der Waals surface area contributed by atoms with E-state index < -0.39 is 8.72 Å². The second-order valence-corrected chi connectivity index (χ2v) is 14.5. The highest BCUT2D eigenvalue weighted by Crippen LogP contribution is 2.42. The molecule has 1 atom stereocenters. The summed E-state index contributed by atoms with van der Waals surface area (Å²) < 4.78 is 13.0. The second-order valence-electron chi connectivity index (χ2n) is 11.7. The van der Waals surface area contributed by atoms with Crippen LogP contribution >= 0.6 is 0 Å². The van der Waals surface area contributed by atoms with Gasteiger partial charge in [-0.1, -0.05) is 92.7 Å². The minimum Gasteiger partial charge on any atom is -0.378 e. The molecule has 4 heteroatoms. The fraction of sp³-hybridized carbons (Fsp3) is 0.630. The Morgan fingerprint density at radius 1 is 0.839 bits per heavy atom. The first kappa shape index (κ1) is 25.9. The molecule has 1 aromatic carbocycles. The van der Waals surface area contributed by atoms with Crippen LogP contribution in [0.5, 0.6) is 0 Å². The molecule has 0 radical (unpaired) electrons. The van der Waals surface area contributed by atoms with Crippen LogP contribution in [0.3, 0.4) is 0 Å². The summed E-state index contributed by atoms with van der Waals surface area (Å²) in [5, 5.41) is 0. The fourth-order valence-electron chi connectivity index (χ4n) is 4.02. The first-order valence-corrected chi connectivity index (χ1v) is 13.6. The lowest BCUT2D eigenvalue weighted by Crippen LogP contribution is -2.54. The van der Waals surface area contributed by atoms with Gasteiger partial charge in [-0.3, -0.25) is 0 Å². The van der Waals surface area contributed by atoms with Gasteiger partial charge < -0.3 is 13.8 Å². The van der Waals surface area contributed by atoms with Gasteiger partial charge in [0, 0.05) is 18.9 Å². The van der Waals surface area contributed by atoms with Gasteiger partial charge in [-0.25, -0.2) is 0 Å². The third kappa shape index (κ3) is 6.12. The van der Waals surface area contributed by atoms with E-state index in [1.165, 1.54) is 16.7 Å². The van der Waals surface area contributed by atoms with Gasteiger partial charge in [0.2, 0.25) is 0 Å². The molecule has 174 valence electrons. The van der Waals surface area contributed by atoms with E-state index in [-0.39, 0.29) is 21.8 Å². The molecular weight excluding hydrogens is 398 g/mol. The van der Waals surface area contributed by atoms with Crippen molar-refractivity contribution in [2.45, 2.75) is 92.5 Å². The minimum absolute atomic E-state index is 0.00917. The molecule has 0 bridgehead atoms. The molecule has 0 heterocycles. The van der Waals surface area contributed by atoms with Crippen LogP contribution in [-0.2, 0) is 19.7 Å². The molecule has 1 N–H and O–H groups in total. The highest BCUT2D eigenvalue weighted by molar-refractivity contribution is 6.73. The van der Waals surface area contributed by atoms with Crippen molar-refractivity contribution in [2.75, 3.05) is 18.2 Å². The fourth-order valence-corrected chi connectivity index (χ4v) is 6.99. The summed E-state index contributed by atoms with van der Waals surface area (Å²) in [5.74, 6) is 0. The van der Waals surface area contributed by atoms with Crippen molar-refractivity contribution in [2.24, 2.45) is 5.41 Å². The zero-order chi connectivity index (χ0) is 23.7. The molecule has 3 nitrogen and oxygen atoms in total. The molecule has 2 rings (SSSR count). The van der Waals surface area contributed by atoms with Gasteiger partial charge in [0.15, 0.2) is 0 Å². The molecule has 0 saturated carbocycles. The maximum atomic E-state index is 6.52. The Morgan fingerprint density at radius 2 is 1.42 bits per heavy atom. The number of hydrogen-bond donors (Lipinski definition) is 1. The van der Waals surface area contributed by atoms with Crippen LogP contribution < -0.4 is 4.98 Å². The van der Waals surface area contributed by atoms with Crippen molar-refractivity contribution in [3.63, 3.8) is 0 Å². The Hall–Kier alpha value is -1.36. The van der Waals surface area contributed by atoms with Crippen molar-refractivity contribution in [1.29, 1.82) is 0 Å². The lowest BCUT2D eigenvalue weighted by Gasteiger charge is -2.37. The van der Waals surface area contributed by atoms with E-state index in [0.29, 0.717) is 13.2 Å². The molecule has 1 aliphatic carbocycles. The van der Waals surface area contributed by atoms with Gasteiger partial charge in [-0.15, -0.1) is 0 Å². The van der Waals surface area contributed by atoms with E-state index in [1.54, 1.807) is 0 Å².